The van der Waals surface area contributed by atoms with Gasteiger partial charge in [0.1, 0.15) is 0 Å². The molecule has 0 saturated heterocycles. The quantitative estimate of drug-likeness (QED) is 0.839. The van der Waals surface area contributed by atoms with Crippen molar-refractivity contribution in [2.24, 2.45) is 12.8 Å². The largest absolute Gasteiger partial charge is 0.379 e. The van der Waals surface area contributed by atoms with Crippen molar-refractivity contribution in [1.82, 2.24) is 4.57 Å². The average Bonchev–Trinajstić information content (AvgIpc) is 2.73. The normalized spacial score (nSPS) is 10.3. The fraction of sp³-hybridized carbons (Fsp3) is 0.214. The molecule has 0 aliphatic rings. The van der Waals surface area contributed by atoms with Crippen LogP contribution in [-0.2, 0) is 24.8 Å². The number of carbonyl (C=O) groups is 1. The molecule has 0 spiro atoms. The second kappa shape index (κ2) is 5.40. The second-order valence-electron chi connectivity index (χ2n) is 4.26. The highest BCUT2D eigenvalue weighted by molar-refractivity contribution is 5.78. The van der Waals surface area contributed by atoms with Crippen LogP contribution in [0.4, 0.5) is 5.69 Å². The lowest BCUT2D eigenvalue weighted by Gasteiger charge is -2.11. The number of aromatic nitrogens is 1. The van der Waals surface area contributed by atoms with Crippen LogP contribution < -0.4 is 11.1 Å². The minimum Gasteiger partial charge on any atom is -0.379 e. The third kappa shape index (κ3) is 2.91. The molecule has 1 amide bonds. The zero-order valence-corrected chi connectivity index (χ0v) is 10.4. The molecule has 0 atom stereocenters. The predicted octanol–water partition coefficient (Wildman–Crippen LogP) is 1.66. The summed E-state index contributed by atoms with van der Waals surface area (Å²) in [5.41, 5.74) is 8.31. The molecule has 0 radical (unpaired) electrons. The van der Waals surface area contributed by atoms with Crippen molar-refractivity contribution in [2.75, 3.05) is 5.32 Å². The van der Waals surface area contributed by atoms with Crippen molar-refractivity contribution in [1.29, 1.82) is 0 Å². The molecule has 4 heteroatoms. The topological polar surface area (TPSA) is 60.1 Å². The predicted molar refractivity (Wildman–Crippen MR) is 72.1 cm³/mol. The SMILES string of the molecule is Cn1cccc1CNc1ccccc1CC(N)=O. The first-order valence-corrected chi connectivity index (χ1v) is 5.87. The van der Waals surface area contributed by atoms with Crippen molar-refractivity contribution in [3.8, 4) is 0 Å². The van der Waals surface area contributed by atoms with Crippen LogP contribution in [0.2, 0.25) is 0 Å². The molecule has 0 bridgehead atoms. The van der Waals surface area contributed by atoms with Crippen LogP contribution in [-0.4, -0.2) is 10.5 Å². The van der Waals surface area contributed by atoms with E-state index in [9.17, 15) is 4.79 Å². The highest BCUT2D eigenvalue weighted by Crippen LogP contribution is 2.16. The molecule has 0 aliphatic carbocycles. The lowest BCUT2D eigenvalue weighted by molar-refractivity contribution is -0.117. The van der Waals surface area contributed by atoms with Gasteiger partial charge in [0, 0.05) is 24.6 Å². The highest BCUT2D eigenvalue weighted by atomic mass is 16.1. The van der Waals surface area contributed by atoms with E-state index in [1.54, 1.807) is 0 Å². The van der Waals surface area contributed by atoms with Crippen molar-refractivity contribution < 1.29 is 4.79 Å². The van der Waals surface area contributed by atoms with E-state index in [0.717, 1.165) is 17.8 Å². The van der Waals surface area contributed by atoms with Gasteiger partial charge in [0.05, 0.1) is 13.0 Å². The van der Waals surface area contributed by atoms with Crippen LogP contribution in [0.3, 0.4) is 0 Å². The molecule has 1 heterocycles. The summed E-state index contributed by atoms with van der Waals surface area (Å²) in [6.45, 7) is 0.722. The maximum Gasteiger partial charge on any atom is 0.221 e. The lowest BCUT2D eigenvalue weighted by Crippen LogP contribution is -2.15. The van der Waals surface area contributed by atoms with Crippen LogP contribution in [0, 0.1) is 0 Å². The number of nitrogens with zero attached hydrogens (tertiary/aromatic N) is 1. The van der Waals surface area contributed by atoms with Gasteiger partial charge in [0.15, 0.2) is 0 Å². The van der Waals surface area contributed by atoms with E-state index in [0.29, 0.717) is 0 Å². The van der Waals surface area contributed by atoms with E-state index >= 15 is 0 Å². The van der Waals surface area contributed by atoms with Crippen LogP contribution in [0.15, 0.2) is 42.6 Å². The summed E-state index contributed by atoms with van der Waals surface area (Å²) in [5, 5.41) is 3.33. The number of anilines is 1. The molecule has 0 unspecified atom stereocenters. The first-order valence-electron chi connectivity index (χ1n) is 5.87. The number of benzene rings is 1. The summed E-state index contributed by atoms with van der Waals surface area (Å²) in [6.07, 6.45) is 2.27. The number of amides is 1. The van der Waals surface area contributed by atoms with E-state index in [2.05, 4.69) is 16.0 Å². The summed E-state index contributed by atoms with van der Waals surface area (Å²) in [7, 11) is 2.01. The Labute approximate surface area is 106 Å². The summed E-state index contributed by atoms with van der Waals surface area (Å²) < 4.78 is 2.06. The minimum atomic E-state index is -0.317. The molecule has 1 aromatic carbocycles. The molecule has 0 saturated carbocycles. The Hall–Kier alpha value is -2.23. The monoisotopic (exact) mass is 243 g/mol. The number of rotatable bonds is 5. The van der Waals surface area contributed by atoms with Gasteiger partial charge in [0.25, 0.3) is 0 Å². The Bertz CT molecular complexity index is 545. The van der Waals surface area contributed by atoms with Crippen molar-refractivity contribution >= 4 is 11.6 Å². The van der Waals surface area contributed by atoms with Gasteiger partial charge >= 0.3 is 0 Å². The molecular formula is C14H17N3O. The second-order valence-corrected chi connectivity index (χ2v) is 4.26. The van der Waals surface area contributed by atoms with Crippen LogP contribution in [0.25, 0.3) is 0 Å². The molecule has 3 N–H and O–H groups in total. The molecule has 4 nitrogen and oxygen atoms in total. The zero-order valence-electron chi connectivity index (χ0n) is 10.4. The van der Waals surface area contributed by atoms with Gasteiger partial charge in [-0.25, -0.2) is 0 Å². The Balaban J connectivity index is 2.09. The Kier molecular flexibility index (Phi) is 3.67. The average molecular weight is 243 g/mol. The van der Waals surface area contributed by atoms with E-state index in [1.807, 2.05) is 43.6 Å². The highest BCUT2D eigenvalue weighted by Gasteiger charge is 2.05. The summed E-state index contributed by atoms with van der Waals surface area (Å²) >= 11 is 0. The number of hydrogen-bond donors (Lipinski definition) is 2. The van der Waals surface area contributed by atoms with E-state index in [1.165, 1.54) is 5.69 Å². The van der Waals surface area contributed by atoms with Crippen LogP contribution in [0.1, 0.15) is 11.3 Å². The van der Waals surface area contributed by atoms with Crippen molar-refractivity contribution in [3.05, 3.63) is 53.9 Å². The van der Waals surface area contributed by atoms with Crippen LogP contribution in [0.5, 0.6) is 0 Å². The standard InChI is InChI=1S/C14H17N3O/c1-17-8-4-6-12(17)10-16-13-7-3-2-5-11(13)9-14(15)18/h2-8,16H,9-10H2,1H3,(H2,15,18). The number of aryl methyl sites for hydroxylation is 1. The molecule has 0 fully saturated rings. The maximum absolute atomic E-state index is 11.0. The number of hydrogen-bond acceptors (Lipinski definition) is 2. The summed E-state index contributed by atoms with van der Waals surface area (Å²) in [4.78, 5) is 11.0. The van der Waals surface area contributed by atoms with E-state index < -0.39 is 0 Å². The molecule has 2 rings (SSSR count). The Morgan fingerprint density at radius 2 is 2.06 bits per heavy atom. The summed E-state index contributed by atoms with van der Waals surface area (Å²) in [6, 6.07) is 11.8. The van der Waals surface area contributed by atoms with Crippen LogP contribution >= 0.6 is 0 Å². The number of nitrogens with one attached hydrogen (secondary N) is 1. The van der Waals surface area contributed by atoms with E-state index in [-0.39, 0.29) is 12.3 Å². The van der Waals surface area contributed by atoms with Gasteiger partial charge in [-0.1, -0.05) is 18.2 Å². The number of para-hydroxylation sites is 1. The van der Waals surface area contributed by atoms with Gasteiger partial charge < -0.3 is 15.6 Å². The number of primary amides is 1. The van der Waals surface area contributed by atoms with Gasteiger partial charge in [0.2, 0.25) is 5.91 Å². The van der Waals surface area contributed by atoms with Gasteiger partial charge in [-0.15, -0.1) is 0 Å². The Morgan fingerprint density at radius 3 is 2.72 bits per heavy atom. The third-order valence-electron chi connectivity index (χ3n) is 2.89. The van der Waals surface area contributed by atoms with Crippen molar-refractivity contribution in [3.63, 3.8) is 0 Å². The first-order chi connectivity index (χ1) is 8.66. The molecule has 1 aromatic heterocycles. The fourth-order valence-electron chi connectivity index (χ4n) is 1.90. The smallest absolute Gasteiger partial charge is 0.221 e. The van der Waals surface area contributed by atoms with E-state index in [4.69, 9.17) is 5.73 Å². The summed E-state index contributed by atoms with van der Waals surface area (Å²) in [5.74, 6) is -0.317. The molecule has 2 aromatic rings. The molecule has 0 aliphatic heterocycles. The molecule has 18 heavy (non-hydrogen) atoms. The van der Waals surface area contributed by atoms with Gasteiger partial charge in [-0.2, -0.15) is 0 Å². The molecular weight excluding hydrogens is 226 g/mol. The fourth-order valence-corrected chi connectivity index (χ4v) is 1.90. The minimum absolute atomic E-state index is 0.260. The zero-order chi connectivity index (χ0) is 13.0. The van der Waals surface area contributed by atoms with Gasteiger partial charge in [-0.3, -0.25) is 4.79 Å². The van der Waals surface area contributed by atoms with Crippen molar-refractivity contribution in [2.45, 2.75) is 13.0 Å². The molecule has 94 valence electrons. The maximum atomic E-state index is 11.0. The number of carbonyl (C=O) groups excluding carboxylic acids is 1. The number of nitrogens with two attached hydrogens (primary N) is 1. The third-order valence-corrected chi connectivity index (χ3v) is 2.89. The lowest BCUT2D eigenvalue weighted by atomic mass is 10.1. The Morgan fingerprint density at radius 1 is 1.28 bits per heavy atom. The first kappa shape index (κ1) is 12.2. The van der Waals surface area contributed by atoms with Gasteiger partial charge in [-0.05, 0) is 23.8 Å².